The molecule has 0 aliphatic rings. The van der Waals surface area contributed by atoms with Crippen molar-refractivity contribution in [3.8, 4) is 0 Å². The Hall–Kier alpha value is -0.970. The van der Waals surface area contributed by atoms with Gasteiger partial charge in [-0.05, 0) is 51.3 Å². The number of hydrogen-bond donors (Lipinski definition) is 1. The van der Waals surface area contributed by atoms with Crippen molar-refractivity contribution in [2.45, 2.75) is 51.3 Å². The zero-order chi connectivity index (χ0) is 14.8. The van der Waals surface area contributed by atoms with Gasteiger partial charge in [0.05, 0.1) is 12.3 Å². The summed E-state index contributed by atoms with van der Waals surface area (Å²) in [6.45, 7) is 8.07. The second kappa shape index (κ2) is 6.20. The Morgan fingerprint density at radius 1 is 1.30 bits per heavy atom. The third kappa shape index (κ3) is 3.78. The summed E-state index contributed by atoms with van der Waals surface area (Å²) in [4.78, 5) is 0. The molecule has 3 nitrogen and oxygen atoms in total. The van der Waals surface area contributed by atoms with Gasteiger partial charge in [0.25, 0.3) is 0 Å². The third-order valence-corrected chi connectivity index (χ3v) is 4.99. The molecule has 0 spiro atoms. The normalized spacial score (nSPS) is 15.4. The fourth-order valence-corrected chi connectivity index (χ4v) is 2.91. The molecule has 0 radical (unpaired) electrons. The maximum absolute atomic E-state index is 12.2. The van der Waals surface area contributed by atoms with E-state index in [-0.39, 0.29) is 10.8 Å². The van der Waals surface area contributed by atoms with Crippen LogP contribution in [0, 0.1) is 0 Å². The summed E-state index contributed by atoms with van der Waals surface area (Å²) in [5.74, 6) is 0. The van der Waals surface area contributed by atoms with E-state index in [0.29, 0.717) is 0 Å². The largest absolute Gasteiger partial charge is 0.598 e. The Morgan fingerprint density at radius 3 is 2.70 bits per heavy atom. The molecule has 0 fully saturated rings. The maximum atomic E-state index is 12.2. The molecule has 2 aromatic rings. The van der Waals surface area contributed by atoms with E-state index >= 15 is 0 Å². The van der Waals surface area contributed by atoms with Crippen molar-refractivity contribution in [2.75, 3.05) is 0 Å². The van der Waals surface area contributed by atoms with E-state index in [9.17, 15) is 4.55 Å². The summed E-state index contributed by atoms with van der Waals surface area (Å²) in [5, 5.41) is 1.12. The first-order valence-electron chi connectivity index (χ1n) is 7.04. The van der Waals surface area contributed by atoms with Crippen LogP contribution in [0.15, 0.2) is 34.9 Å². The van der Waals surface area contributed by atoms with Crippen LogP contribution in [0.2, 0.25) is 0 Å². The van der Waals surface area contributed by atoms with E-state index < -0.39 is 11.4 Å². The molecule has 4 heteroatoms. The van der Waals surface area contributed by atoms with Gasteiger partial charge in [0.15, 0.2) is 0 Å². The summed E-state index contributed by atoms with van der Waals surface area (Å²) >= 11 is -1.03. The Labute approximate surface area is 124 Å². The lowest BCUT2D eigenvalue weighted by Gasteiger charge is -2.27. The van der Waals surface area contributed by atoms with Crippen molar-refractivity contribution < 1.29 is 8.97 Å². The fraction of sp³-hybridized carbons (Fsp3) is 0.500. The lowest BCUT2D eigenvalue weighted by atomic mass is 10.0. The molecule has 0 saturated carbocycles. The van der Waals surface area contributed by atoms with Gasteiger partial charge in [0, 0.05) is 16.7 Å². The topological polar surface area (TPSA) is 48.2 Å². The second-order valence-electron chi connectivity index (χ2n) is 6.10. The quantitative estimate of drug-likeness (QED) is 0.853. The minimum Gasteiger partial charge on any atom is -0.598 e. The number of benzene rings is 1. The van der Waals surface area contributed by atoms with Crippen molar-refractivity contribution >= 4 is 22.3 Å². The minimum absolute atomic E-state index is 0.211. The summed E-state index contributed by atoms with van der Waals surface area (Å²) in [5.41, 5.74) is 2.12. The summed E-state index contributed by atoms with van der Waals surface area (Å²) in [7, 11) is 0. The molecule has 1 unspecified atom stereocenters. The molecule has 20 heavy (non-hydrogen) atoms. The molecule has 0 aliphatic heterocycles. The SMILES string of the molecule is CC[C@@H](Cc1ccc2ccoc2c1)N[S+]([O-])C(C)(C)C. The Morgan fingerprint density at radius 2 is 2.05 bits per heavy atom. The lowest BCUT2D eigenvalue weighted by Crippen LogP contribution is -2.45. The van der Waals surface area contributed by atoms with Crippen LogP contribution in [-0.2, 0) is 17.8 Å². The van der Waals surface area contributed by atoms with Crippen molar-refractivity contribution in [1.82, 2.24) is 4.72 Å². The van der Waals surface area contributed by atoms with E-state index in [4.69, 9.17) is 4.42 Å². The maximum Gasteiger partial charge on any atom is 0.136 e. The van der Waals surface area contributed by atoms with Gasteiger partial charge in [-0.1, -0.05) is 19.1 Å². The van der Waals surface area contributed by atoms with E-state index in [0.717, 1.165) is 23.8 Å². The zero-order valence-electron chi connectivity index (χ0n) is 12.6. The monoisotopic (exact) mass is 293 g/mol. The Bertz CT molecular complexity index is 559. The highest BCUT2D eigenvalue weighted by Crippen LogP contribution is 2.20. The molecule has 1 heterocycles. The zero-order valence-corrected chi connectivity index (χ0v) is 13.4. The molecule has 110 valence electrons. The van der Waals surface area contributed by atoms with Gasteiger partial charge in [-0.2, -0.15) is 0 Å². The van der Waals surface area contributed by atoms with Gasteiger partial charge >= 0.3 is 0 Å². The Kier molecular flexibility index (Phi) is 4.78. The van der Waals surface area contributed by atoms with Crippen molar-refractivity contribution in [2.24, 2.45) is 0 Å². The lowest BCUT2D eigenvalue weighted by molar-refractivity contribution is 0.509. The third-order valence-electron chi connectivity index (χ3n) is 3.33. The number of furan rings is 1. The van der Waals surface area contributed by atoms with Gasteiger partial charge in [0.2, 0.25) is 0 Å². The second-order valence-corrected chi connectivity index (χ2v) is 8.10. The van der Waals surface area contributed by atoms with Crippen molar-refractivity contribution in [3.63, 3.8) is 0 Å². The predicted molar refractivity (Wildman–Crippen MR) is 85.0 cm³/mol. The smallest absolute Gasteiger partial charge is 0.136 e. The number of fused-ring (bicyclic) bond motifs is 1. The molecule has 1 aromatic carbocycles. The first-order valence-corrected chi connectivity index (χ1v) is 8.19. The minimum atomic E-state index is -1.03. The molecular weight excluding hydrogens is 270 g/mol. The van der Waals surface area contributed by atoms with E-state index in [1.807, 2.05) is 26.8 Å². The van der Waals surface area contributed by atoms with E-state index in [1.54, 1.807) is 6.26 Å². The first-order chi connectivity index (χ1) is 9.40. The highest BCUT2D eigenvalue weighted by Gasteiger charge is 2.28. The van der Waals surface area contributed by atoms with Crippen molar-refractivity contribution in [3.05, 3.63) is 36.1 Å². The standard InChI is InChI=1S/C16H23NO2S/c1-5-14(17-20(18)16(2,3)4)10-12-6-7-13-8-9-19-15(13)11-12/h6-9,11,14,17H,5,10H2,1-4H3/t14-,20?/m0/s1. The molecule has 1 N–H and O–H groups in total. The summed E-state index contributed by atoms with van der Waals surface area (Å²) < 4.78 is 20.6. The molecular formula is C16H23NO2S. The molecule has 0 amide bonds. The predicted octanol–water partition coefficient (Wildman–Crippen LogP) is 3.81. The van der Waals surface area contributed by atoms with Gasteiger partial charge in [-0.3, -0.25) is 0 Å². The van der Waals surface area contributed by atoms with E-state index in [1.165, 1.54) is 5.56 Å². The van der Waals surface area contributed by atoms with Crippen LogP contribution in [0.25, 0.3) is 11.0 Å². The van der Waals surface area contributed by atoms with E-state index in [2.05, 4.69) is 29.8 Å². The summed E-state index contributed by atoms with van der Waals surface area (Å²) in [6, 6.07) is 8.43. The summed E-state index contributed by atoms with van der Waals surface area (Å²) in [6.07, 6.45) is 3.51. The van der Waals surface area contributed by atoms with Crippen LogP contribution in [0.1, 0.15) is 39.7 Å². The van der Waals surface area contributed by atoms with Crippen LogP contribution in [0.4, 0.5) is 0 Å². The van der Waals surface area contributed by atoms with Gasteiger partial charge in [0.1, 0.15) is 10.3 Å². The van der Waals surface area contributed by atoms with Crippen LogP contribution in [0.3, 0.4) is 0 Å². The van der Waals surface area contributed by atoms with Crippen LogP contribution in [0.5, 0.6) is 0 Å². The molecule has 1 aromatic heterocycles. The average Bonchev–Trinajstić information content (AvgIpc) is 2.84. The van der Waals surface area contributed by atoms with Gasteiger partial charge in [-0.25, -0.2) is 0 Å². The van der Waals surface area contributed by atoms with Crippen LogP contribution in [-0.4, -0.2) is 15.3 Å². The molecule has 2 atom stereocenters. The highest BCUT2D eigenvalue weighted by atomic mass is 32.2. The number of hydrogen-bond acceptors (Lipinski definition) is 3. The van der Waals surface area contributed by atoms with Crippen LogP contribution >= 0.6 is 0 Å². The molecule has 2 rings (SSSR count). The number of rotatable bonds is 5. The van der Waals surface area contributed by atoms with Gasteiger partial charge < -0.3 is 8.97 Å². The average molecular weight is 293 g/mol. The molecule has 0 aliphatic carbocycles. The Balaban J connectivity index is 2.05. The van der Waals surface area contributed by atoms with Crippen LogP contribution < -0.4 is 4.72 Å². The first kappa shape index (κ1) is 15.4. The van der Waals surface area contributed by atoms with Crippen molar-refractivity contribution in [1.29, 1.82) is 0 Å². The number of nitrogens with one attached hydrogen (secondary N) is 1. The van der Waals surface area contributed by atoms with Gasteiger partial charge in [-0.15, -0.1) is 4.72 Å². The molecule has 0 bridgehead atoms. The highest BCUT2D eigenvalue weighted by molar-refractivity contribution is 7.90. The molecule has 0 saturated heterocycles. The fourth-order valence-electron chi connectivity index (χ4n) is 2.01.